The maximum Gasteiger partial charge on any atom is 0.194 e. The van der Waals surface area contributed by atoms with E-state index in [4.69, 9.17) is 4.74 Å². The first-order valence-electron chi connectivity index (χ1n) is 9.73. The molecule has 0 aliphatic rings. The Hall–Kier alpha value is -2.89. The molecule has 3 aromatic carbocycles. The van der Waals surface area contributed by atoms with Gasteiger partial charge in [0.25, 0.3) is 0 Å². The summed E-state index contributed by atoms with van der Waals surface area (Å²) in [6.45, 7) is 1.97. The van der Waals surface area contributed by atoms with E-state index in [2.05, 4.69) is 6.92 Å². The van der Waals surface area contributed by atoms with E-state index in [0.717, 1.165) is 31.4 Å². The van der Waals surface area contributed by atoms with E-state index in [0.29, 0.717) is 23.1 Å². The van der Waals surface area contributed by atoms with E-state index in [1.807, 2.05) is 0 Å². The minimum absolute atomic E-state index is 0.0879. The number of halogens is 5. The molecule has 0 fully saturated rings. The third-order valence-electron chi connectivity index (χ3n) is 4.78. The van der Waals surface area contributed by atoms with Crippen LogP contribution in [-0.4, -0.2) is 0 Å². The zero-order valence-corrected chi connectivity index (χ0v) is 16.5. The number of hydrogen-bond donors (Lipinski definition) is 0. The lowest BCUT2D eigenvalue weighted by atomic mass is 10.0. The zero-order valence-electron chi connectivity index (χ0n) is 16.5. The molecule has 0 saturated carbocycles. The summed E-state index contributed by atoms with van der Waals surface area (Å²) in [5.74, 6) is -6.03. The Morgan fingerprint density at radius 1 is 0.667 bits per heavy atom. The van der Waals surface area contributed by atoms with Crippen LogP contribution in [0.1, 0.15) is 37.3 Å². The van der Waals surface area contributed by atoms with Crippen molar-refractivity contribution in [2.24, 2.45) is 0 Å². The molecule has 3 aromatic rings. The molecule has 0 aliphatic carbocycles. The Labute approximate surface area is 172 Å². The minimum Gasteiger partial charge on any atom is -0.483 e. The fourth-order valence-electron chi connectivity index (χ4n) is 3.14. The summed E-state index contributed by atoms with van der Waals surface area (Å²) < 4.78 is 73.7. The lowest BCUT2D eigenvalue weighted by molar-refractivity contribution is 0.274. The van der Waals surface area contributed by atoms with Crippen LogP contribution in [0.15, 0.2) is 48.5 Å². The number of hydrogen-bond acceptors (Lipinski definition) is 1. The standard InChI is InChI=1S/C24H21F5O/c1-2-3-4-5-16-10-21(27)24(22(28)11-16)30-14-15-6-8-17(9-7-15)18-12-19(25)23(29)20(26)13-18/h6-13H,2-5,14H2,1H3. The summed E-state index contributed by atoms with van der Waals surface area (Å²) in [6.07, 6.45) is 3.49. The smallest absolute Gasteiger partial charge is 0.194 e. The van der Waals surface area contributed by atoms with Crippen LogP contribution in [0.4, 0.5) is 22.0 Å². The highest BCUT2D eigenvalue weighted by atomic mass is 19.2. The van der Waals surface area contributed by atoms with Crippen molar-refractivity contribution >= 4 is 0 Å². The first-order chi connectivity index (χ1) is 14.4. The van der Waals surface area contributed by atoms with Crippen molar-refractivity contribution in [1.82, 2.24) is 0 Å². The van der Waals surface area contributed by atoms with E-state index in [1.54, 1.807) is 24.3 Å². The van der Waals surface area contributed by atoms with Crippen LogP contribution < -0.4 is 4.74 Å². The third-order valence-corrected chi connectivity index (χ3v) is 4.78. The Kier molecular flexibility index (Phi) is 7.08. The summed E-state index contributed by atoms with van der Waals surface area (Å²) >= 11 is 0. The lowest BCUT2D eigenvalue weighted by Crippen LogP contribution is -2.01. The van der Waals surface area contributed by atoms with Gasteiger partial charge in [0.15, 0.2) is 34.8 Å². The molecule has 0 heterocycles. The summed E-state index contributed by atoms with van der Waals surface area (Å²) in [6, 6.07) is 10.7. The summed E-state index contributed by atoms with van der Waals surface area (Å²) in [4.78, 5) is 0. The van der Waals surface area contributed by atoms with Gasteiger partial charge in [0, 0.05) is 0 Å². The van der Waals surface area contributed by atoms with Crippen molar-refractivity contribution in [3.63, 3.8) is 0 Å². The summed E-state index contributed by atoms with van der Waals surface area (Å²) in [5.41, 5.74) is 1.83. The van der Waals surface area contributed by atoms with Crippen molar-refractivity contribution in [2.45, 2.75) is 39.2 Å². The molecule has 158 valence electrons. The number of ether oxygens (including phenoxy) is 1. The van der Waals surface area contributed by atoms with Gasteiger partial charge in [0.2, 0.25) is 0 Å². The summed E-state index contributed by atoms with van der Waals surface area (Å²) in [7, 11) is 0. The molecule has 1 nitrogen and oxygen atoms in total. The van der Waals surface area contributed by atoms with Gasteiger partial charge in [0.1, 0.15) is 6.61 Å². The monoisotopic (exact) mass is 420 g/mol. The number of rotatable bonds is 8. The first-order valence-corrected chi connectivity index (χ1v) is 9.73. The topological polar surface area (TPSA) is 9.23 Å². The zero-order chi connectivity index (χ0) is 21.7. The highest BCUT2D eigenvalue weighted by Gasteiger charge is 2.14. The molecule has 3 rings (SSSR count). The quantitative estimate of drug-likeness (QED) is 0.210. The number of benzene rings is 3. The van der Waals surface area contributed by atoms with Gasteiger partial charge in [-0.15, -0.1) is 0 Å². The number of unbranched alkanes of at least 4 members (excludes halogenated alkanes) is 2. The van der Waals surface area contributed by atoms with Crippen molar-refractivity contribution in [1.29, 1.82) is 0 Å². The average molecular weight is 420 g/mol. The van der Waals surface area contributed by atoms with Gasteiger partial charge < -0.3 is 4.74 Å². The molecular weight excluding hydrogens is 399 g/mol. The van der Waals surface area contributed by atoms with Crippen LogP contribution in [0.25, 0.3) is 11.1 Å². The van der Waals surface area contributed by atoms with Crippen molar-refractivity contribution in [3.05, 3.63) is 88.7 Å². The highest BCUT2D eigenvalue weighted by Crippen LogP contribution is 2.27. The molecule has 0 radical (unpaired) electrons. The SMILES string of the molecule is CCCCCc1cc(F)c(OCc2ccc(-c3cc(F)c(F)c(F)c3)cc2)c(F)c1. The van der Waals surface area contributed by atoms with Gasteiger partial charge >= 0.3 is 0 Å². The van der Waals surface area contributed by atoms with Gasteiger partial charge in [-0.1, -0.05) is 44.0 Å². The van der Waals surface area contributed by atoms with Gasteiger partial charge in [-0.3, -0.25) is 0 Å². The van der Waals surface area contributed by atoms with Crippen molar-refractivity contribution < 1.29 is 26.7 Å². The van der Waals surface area contributed by atoms with Gasteiger partial charge in [-0.05, 0) is 59.4 Å². The Morgan fingerprint density at radius 2 is 1.27 bits per heavy atom. The number of aryl methyl sites for hydroxylation is 1. The Balaban J connectivity index is 1.68. The molecule has 0 atom stereocenters. The molecule has 6 heteroatoms. The predicted octanol–water partition coefficient (Wildman–Crippen LogP) is 7.36. The van der Waals surface area contributed by atoms with Crippen molar-refractivity contribution in [2.75, 3.05) is 0 Å². The molecule has 0 aromatic heterocycles. The van der Waals surface area contributed by atoms with E-state index < -0.39 is 34.8 Å². The van der Waals surface area contributed by atoms with Crippen LogP contribution >= 0.6 is 0 Å². The largest absolute Gasteiger partial charge is 0.483 e. The molecule has 0 bridgehead atoms. The molecule has 0 amide bonds. The fourth-order valence-corrected chi connectivity index (χ4v) is 3.14. The van der Waals surface area contributed by atoms with Crippen LogP contribution in [-0.2, 0) is 13.0 Å². The van der Waals surface area contributed by atoms with E-state index >= 15 is 0 Å². The van der Waals surface area contributed by atoms with Crippen LogP contribution in [0.2, 0.25) is 0 Å². The fraction of sp³-hybridized carbons (Fsp3) is 0.250. The van der Waals surface area contributed by atoms with Gasteiger partial charge in [0.05, 0.1) is 0 Å². The normalized spacial score (nSPS) is 11.0. The Bertz CT molecular complexity index is 969. The maximum absolute atomic E-state index is 14.2. The van der Waals surface area contributed by atoms with Crippen molar-refractivity contribution in [3.8, 4) is 16.9 Å². The molecule has 0 aliphatic heterocycles. The van der Waals surface area contributed by atoms with Crippen LogP contribution in [0.3, 0.4) is 0 Å². The van der Waals surface area contributed by atoms with E-state index in [-0.39, 0.29) is 12.2 Å². The van der Waals surface area contributed by atoms with Gasteiger partial charge in [-0.2, -0.15) is 0 Å². The van der Waals surface area contributed by atoms with E-state index in [9.17, 15) is 22.0 Å². The first kappa shape index (κ1) is 21.8. The predicted molar refractivity (Wildman–Crippen MR) is 106 cm³/mol. The molecule has 30 heavy (non-hydrogen) atoms. The molecule has 0 N–H and O–H groups in total. The average Bonchev–Trinajstić information content (AvgIpc) is 2.72. The lowest BCUT2D eigenvalue weighted by Gasteiger charge is -2.11. The molecular formula is C24H21F5O. The summed E-state index contributed by atoms with van der Waals surface area (Å²) in [5, 5.41) is 0. The van der Waals surface area contributed by atoms with E-state index in [1.165, 1.54) is 12.1 Å². The van der Waals surface area contributed by atoms with Crippen LogP contribution in [0, 0.1) is 29.1 Å². The van der Waals surface area contributed by atoms with Gasteiger partial charge in [-0.25, -0.2) is 22.0 Å². The second-order valence-electron chi connectivity index (χ2n) is 7.09. The second-order valence-corrected chi connectivity index (χ2v) is 7.09. The molecule has 0 saturated heterocycles. The second kappa shape index (κ2) is 9.74. The Morgan fingerprint density at radius 3 is 1.83 bits per heavy atom. The highest BCUT2D eigenvalue weighted by molar-refractivity contribution is 5.63. The maximum atomic E-state index is 14.2. The van der Waals surface area contributed by atoms with Crippen LogP contribution in [0.5, 0.6) is 5.75 Å². The molecule has 0 unspecified atom stereocenters. The third kappa shape index (κ3) is 5.17. The molecule has 0 spiro atoms. The minimum atomic E-state index is -1.52.